The van der Waals surface area contributed by atoms with Gasteiger partial charge in [0.15, 0.2) is 0 Å². The molecule has 70 valence electrons. The van der Waals surface area contributed by atoms with Gasteiger partial charge in [-0.1, -0.05) is 26.0 Å². The van der Waals surface area contributed by atoms with E-state index in [2.05, 4.69) is 24.8 Å². The SMILES string of the molecule is CCN(CC)C1C=CC(O)CC1. The smallest absolute Gasteiger partial charge is 0.0722 e. The maximum absolute atomic E-state index is 9.25. The Hall–Kier alpha value is -0.340. The van der Waals surface area contributed by atoms with E-state index < -0.39 is 0 Å². The van der Waals surface area contributed by atoms with Gasteiger partial charge in [0.2, 0.25) is 0 Å². The fraction of sp³-hybridized carbons (Fsp3) is 0.800. The summed E-state index contributed by atoms with van der Waals surface area (Å²) in [6, 6.07) is 0.559. The Morgan fingerprint density at radius 2 is 1.92 bits per heavy atom. The summed E-state index contributed by atoms with van der Waals surface area (Å²) in [7, 11) is 0. The molecule has 0 aromatic rings. The van der Waals surface area contributed by atoms with Crippen molar-refractivity contribution in [1.29, 1.82) is 0 Å². The van der Waals surface area contributed by atoms with E-state index in [1.165, 1.54) is 0 Å². The molecule has 0 bridgehead atoms. The van der Waals surface area contributed by atoms with Crippen LogP contribution in [0.5, 0.6) is 0 Å². The molecule has 2 atom stereocenters. The summed E-state index contributed by atoms with van der Waals surface area (Å²) in [5, 5.41) is 9.25. The molecule has 2 nitrogen and oxygen atoms in total. The van der Waals surface area contributed by atoms with Crippen LogP contribution in [0.25, 0.3) is 0 Å². The van der Waals surface area contributed by atoms with E-state index in [0.717, 1.165) is 25.9 Å². The monoisotopic (exact) mass is 169 g/mol. The van der Waals surface area contributed by atoms with Crippen molar-refractivity contribution in [1.82, 2.24) is 4.90 Å². The number of nitrogens with zero attached hydrogens (tertiary/aromatic N) is 1. The average molecular weight is 169 g/mol. The van der Waals surface area contributed by atoms with Crippen molar-refractivity contribution in [2.75, 3.05) is 13.1 Å². The molecular formula is C10H19NO. The van der Waals surface area contributed by atoms with Gasteiger partial charge in [0, 0.05) is 6.04 Å². The summed E-state index contributed by atoms with van der Waals surface area (Å²) in [4.78, 5) is 2.42. The first-order chi connectivity index (χ1) is 5.77. The minimum atomic E-state index is -0.197. The Morgan fingerprint density at radius 3 is 2.33 bits per heavy atom. The van der Waals surface area contributed by atoms with E-state index in [4.69, 9.17) is 0 Å². The zero-order chi connectivity index (χ0) is 8.97. The summed E-state index contributed by atoms with van der Waals surface area (Å²) in [5.41, 5.74) is 0. The Kier molecular flexibility index (Phi) is 3.76. The van der Waals surface area contributed by atoms with Crippen molar-refractivity contribution in [3.8, 4) is 0 Å². The van der Waals surface area contributed by atoms with Crippen LogP contribution in [0.2, 0.25) is 0 Å². The second kappa shape index (κ2) is 4.63. The van der Waals surface area contributed by atoms with Crippen LogP contribution in [0.1, 0.15) is 26.7 Å². The van der Waals surface area contributed by atoms with Gasteiger partial charge in [0.1, 0.15) is 0 Å². The van der Waals surface area contributed by atoms with Crippen molar-refractivity contribution >= 4 is 0 Å². The first-order valence-electron chi connectivity index (χ1n) is 4.88. The van der Waals surface area contributed by atoms with Gasteiger partial charge in [-0.15, -0.1) is 0 Å². The molecule has 0 aromatic heterocycles. The van der Waals surface area contributed by atoms with E-state index in [9.17, 15) is 5.11 Å². The highest BCUT2D eigenvalue weighted by Crippen LogP contribution is 2.16. The van der Waals surface area contributed by atoms with Crippen LogP contribution in [-0.2, 0) is 0 Å². The highest BCUT2D eigenvalue weighted by molar-refractivity contribution is 5.02. The van der Waals surface area contributed by atoms with Crippen LogP contribution in [0.4, 0.5) is 0 Å². The zero-order valence-corrected chi connectivity index (χ0v) is 8.03. The van der Waals surface area contributed by atoms with Crippen LogP contribution in [0, 0.1) is 0 Å². The van der Waals surface area contributed by atoms with Gasteiger partial charge >= 0.3 is 0 Å². The molecule has 0 heterocycles. The van der Waals surface area contributed by atoms with Crippen molar-refractivity contribution in [3.05, 3.63) is 12.2 Å². The molecule has 0 aliphatic heterocycles. The minimum absolute atomic E-state index is 0.197. The molecule has 0 saturated heterocycles. The fourth-order valence-corrected chi connectivity index (χ4v) is 1.79. The fourth-order valence-electron chi connectivity index (χ4n) is 1.79. The molecule has 1 N–H and O–H groups in total. The predicted molar refractivity (Wildman–Crippen MR) is 51.1 cm³/mol. The molecule has 0 saturated carbocycles. The third-order valence-corrected chi connectivity index (χ3v) is 2.59. The summed E-state index contributed by atoms with van der Waals surface area (Å²) in [6.45, 7) is 6.56. The number of aliphatic hydroxyl groups is 1. The van der Waals surface area contributed by atoms with Gasteiger partial charge < -0.3 is 5.11 Å². The van der Waals surface area contributed by atoms with E-state index in [0.29, 0.717) is 6.04 Å². The highest BCUT2D eigenvalue weighted by atomic mass is 16.3. The van der Waals surface area contributed by atoms with Crippen molar-refractivity contribution in [2.45, 2.75) is 38.8 Å². The maximum atomic E-state index is 9.25. The van der Waals surface area contributed by atoms with Gasteiger partial charge in [-0.3, -0.25) is 4.90 Å². The van der Waals surface area contributed by atoms with E-state index in [-0.39, 0.29) is 6.10 Å². The Bertz CT molecular complexity index is 152. The maximum Gasteiger partial charge on any atom is 0.0722 e. The Balaban J connectivity index is 2.47. The number of rotatable bonds is 3. The van der Waals surface area contributed by atoms with E-state index in [1.807, 2.05) is 6.08 Å². The summed E-state index contributed by atoms with van der Waals surface area (Å²) in [6.07, 6.45) is 5.88. The second-order valence-electron chi connectivity index (χ2n) is 3.32. The molecular weight excluding hydrogens is 150 g/mol. The molecule has 2 heteroatoms. The molecule has 0 spiro atoms. The van der Waals surface area contributed by atoms with Crippen LogP contribution in [0.15, 0.2) is 12.2 Å². The molecule has 1 aliphatic rings. The number of aliphatic hydroxyl groups excluding tert-OH is 1. The van der Waals surface area contributed by atoms with Crippen LogP contribution in [-0.4, -0.2) is 35.2 Å². The van der Waals surface area contributed by atoms with Gasteiger partial charge in [0.05, 0.1) is 6.10 Å². The first kappa shape index (κ1) is 9.75. The molecule has 0 fully saturated rings. The predicted octanol–water partition coefficient (Wildman–Crippen LogP) is 1.41. The quantitative estimate of drug-likeness (QED) is 0.646. The van der Waals surface area contributed by atoms with E-state index >= 15 is 0 Å². The molecule has 0 amide bonds. The van der Waals surface area contributed by atoms with Crippen molar-refractivity contribution in [3.63, 3.8) is 0 Å². The van der Waals surface area contributed by atoms with Gasteiger partial charge in [-0.05, 0) is 25.9 Å². The lowest BCUT2D eigenvalue weighted by atomic mass is 9.99. The van der Waals surface area contributed by atoms with Crippen LogP contribution < -0.4 is 0 Å². The summed E-state index contributed by atoms with van der Waals surface area (Å²) < 4.78 is 0. The van der Waals surface area contributed by atoms with Crippen LogP contribution >= 0.6 is 0 Å². The number of hydrogen-bond donors (Lipinski definition) is 1. The third kappa shape index (κ3) is 2.32. The van der Waals surface area contributed by atoms with Crippen molar-refractivity contribution in [2.24, 2.45) is 0 Å². The van der Waals surface area contributed by atoms with Gasteiger partial charge in [-0.25, -0.2) is 0 Å². The second-order valence-corrected chi connectivity index (χ2v) is 3.32. The van der Waals surface area contributed by atoms with Crippen LogP contribution in [0.3, 0.4) is 0 Å². The molecule has 0 radical (unpaired) electrons. The van der Waals surface area contributed by atoms with Crippen molar-refractivity contribution < 1.29 is 5.11 Å². The normalized spacial score (nSPS) is 29.7. The lowest BCUT2D eigenvalue weighted by molar-refractivity contribution is 0.166. The first-order valence-corrected chi connectivity index (χ1v) is 4.88. The Morgan fingerprint density at radius 1 is 1.25 bits per heavy atom. The lowest BCUT2D eigenvalue weighted by Gasteiger charge is -2.30. The number of likely N-dealkylation sites (N-methyl/N-ethyl adjacent to an activating group) is 1. The highest BCUT2D eigenvalue weighted by Gasteiger charge is 2.17. The molecule has 0 aromatic carbocycles. The number of hydrogen-bond acceptors (Lipinski definition) is 2. The average Bonchev–Trinajstić information content (AvgIpc) is 2.10. The third-order valence-electron chi connectivity index (χ3n) is 2.59. The molecule has 1 aliphatic carbocycles. The largest absolute Gasteiger partial charge is 0.389 e. The molecule has 2 unspecified atom stereocenters. The standard InChI is InChI=1S/C10H19NO/c1-3-11(4-2)9-5-7-10(12)8-6-9/h5,7,9-10,12H,3-4,6,8H2,1-2H3. The summed E-state index contributed by atoms with van der Waals surface area (Å²) >= 11 is 0. The molecule has 12 heavy (non-hydrogen) atoms. The zero-order valence-electron chi connectivity index (χ0n) is 8.03. The molecule has 1 rings (SSSR count). The topological polar surface area (TPSA) is 23.5 Å². The summed E-state index contributed by atoms with van der Waals surface area (Å²) in [5.74, 6) is 0. The Labute approximate surface area is 74.9 Å². The van der Waals surface area contributed by atoms with Gasteiger partial charge in [-0.2, -0.15) is 0 Å². The lowest BCUT2D eigenvalue weighted by Crippen LogP contribution is -2.36. The minimum Gasteiger partial charge on any atom is -0.389 e. The van der Waals surface area contributed by atoms with E-state index in [1.54, 1.807) is 0 Å². The van der Waals surface area contributed by atoms with Gasteiger partial charge in [0.25, 0.3) is 0 Å².